The van der Waals surface area contributed by atoms with Gasteiger partial charge in [-0.15, -0.1) is 0 Å². The standard InChI is InChI=1S/C11H13F3O2Si/c1-17(2,16-10(15)11(12,13)14)8-9-6-4-3-5-7-9/h3-7H,8H2,1-2H3. The molecule has 0 aromatic heterocycles. The average Bonchev–Trinajstić information content (AvgIpc) is 2.16. The molecule has 0 aliphatic rings. The molecule has 0 N–H and O–H groups in total. The van der Waals surface area contributed by atoms with Crippen LogP contribution in [0, 0.1) is 0 Å². The molecule has 1 rings (SSSR count). The van der Waals surface area contributed by atoms with Crippen LogP contribution in [-0.2, 0) is 15.3 Å². The molecule has 17 heavy (non-hydrogen) atoms. The number of hydrogen-bond donors (Lipinski definition) is 0. The third-order valence-electron chi connectivity index (χ3n) is 2.07. The van der Waals surface area contributed by atoms with E-state index in [-0.39, 0.29) is 0 Å². The smallest absolute Gasteiger partial charge is 0.489 e. The summed E-state index contributed by atoms with van der Waals surface area (Å²) in [6, 6.07) is 9.39. The number of halogens is 3. The van der Waals surface area contributed by atoms with Gasteiger partial charge in [0.05, 0.1) is 0 Å². The van der Waals surface area contributed by atoms with Gasteiger partial charge in [-0.25, -0.2) is 4.79 Å². The van der Waals surface area contributed by atoms with Gasteiger partial charge in [0, 0.05) is 6.04 Å². The summed E-state index contributed by atoms with van der Waals surface area (Å²) in [5, 5.41) is 0. The van der Waals surface area contributed by atoms with Gasteiger partial charge in [0.2, 0.25) is 0 Å². The van der Waals surface area contributed by atoms with Crippen molar-refractivity contribution in [3.05, 3.63) is 35.9 Å². The van der Waals surface area contributed by atoms with Crippen molar-refractivity contribution in [2.24, 2.45) is 0 Å². The fourth-order valence-corrected chi connectivity index (χ4v) is 3.34. The average molecular weight is 262 g/mol. The topological polar surface area (TPSA) is 26.3 Å². The highest BCUT2D eigenvalue weighted by molar-refractivity contribution is 6.72. The van der Waals surface area contributed by atoms with Gasteiger partial charge in [-0.2, -0.15) is 13.2 Å². The Morgan fingerprint density at radius 1 is 1.24 bits per heavy atom. The molecule has 0 aliphatic carbocycles. The predicted octanol–water partition coefficient (Wildman–Crippen LogP) is 3.08. The van der Waals surface area contributed by atoms with Crippen LogP contribution < -0.4 is 0 Å². The zero-order valence-corrected chi connectivity index (χ0v) is 10.5. The van der Waals surface area contributed by atoms with Gasteiger partial charge < -0.3 is 4.43 Å². The molecule has 6 heteroatoms. The largest absolute Gasteiger partial charge is 0.513 e. The van der Waals surface area contributed by atoms with Crippen molar-refractivity contribution >= 4 is 14.3 Å². The second kappa shape index (κ2) is 4.91. The third-order valence-corrected chi connectivity index (χ3v) is 4.07. The Morgan fingerprint density at radius 2 is 1.76 bits per heavy atom. The maximum absolute atomic E-state index is 12.1. The zero-order chi connectivity index (χ0) is 13.1. The Labute approximate surface area is 98.5 Å². The summed E-state index contributed by atoms with van der Waals surface area (Å²) in [5.74, 6) is -2.09. The zero-order valence-electron chi connectivity index (χ0n) is 9.54. The number of carbonyl (C=O) groups is 1. The van der Waals surface area contributed by atoms with Crippen LogP contribution in [0.15, 0.2) is 30.3 Å². The molecule has 1 aromatic rings. The molecule has 0 heterocycles. The van der Waals surface area contributed by atoms with Crippen molar-refractivity contribution in [2.45, 2.75) is 25.3 Å². The SMILES string of the molecule is C[Si](C)(Cc1ccccc1)OC(=O)C(F)(F)F. The highest BCUT2D eigenvalue weighted by Gasteiger charge is 2.44. The predicted molar refractivity (Wildman–Crippen MR) is 59.8 cm³/mol. The van der Waals surface area contributed by atoms with Gasteiger partial charge in [-0.3, -0.25) is 0 Å². The summed E-state index contributed by atoms with van der Waals surface area (Å²) in [6.07, 6.45) is -4.92. The van der Waals surface area contributed by atoms with Crippen LogP contribution >= 0.6 is 0 Å². The van der Waals surface area contributed by atoms with Gasteiger partial charge >= 0.3 is 12.1 Å². The lowest BCUT2D eigenvalue weighted by Gasteiger charge is -2.23. The lowest BCUT2D eigenvalue weighted by molar-refractivity contribution is -0.190. The molecule has 0 unspecified atom stereocenters. The summed E-state index contributed by atoms with van der Waals surface area (Å²) < 4.78 is 40.8. The van der Waals surface area contributed by atoms with Crippen LogP contribution in [0.25, 0.3) is 0 Å². The second-order valence-electron chi connectivity index (χ2n) is 4.31. The molecule has 1 aromatic carbocycles. The molecule has 0 amide bonds. The Morgan fingerprint density at radius 3 is 2.24 bits per heavy atom. The summed E-state index contributed by atoms with van der Waals surface area (Å²) in [6.45, 7) is 3.17. The number of rotatable bonds is 3. The third kappa shape index (κ3) is 4.60. The van der Waals surface area contributed by atoms with Crippen molar-refractivity contribution in [1.82, 2.24) is 0 Å². The minimum Gasteiger partial charge on any atom is -0.513 e. The number of alkyl halides is 3. The monoisotopic (exact) mass is 262 g/mol. The molecule has 0 saturated heterocycles. The van der Waals surface area contributed by atoms with E-state index in [0.717, 1.165) is 5.56 Å². The lowest BCUT2D eigenvalue weighted by Crippen LogP contribution is -2.41. The van der Waals surface area contributed by atoms with Crippen LogP contribution in [0.4, 0.5) is 13.2 Å². The van der Waals surface area contributed by atoms with Crippen molar-refractivity contribution in [3.63, 3.8) is 0 Å². The van der Waals surface area contributed by atoms with Crippen LogP contribution in [0.3, 0.4) is 0 Å². The first-order valence-corrected chi connectivity index (χ1v) is 8.16. The van der Waals surface area contributed by atoms with Gasteiger partial charge in [0.1, 0.15) is 0 Å². The molecule has 94 valence electrons. The van der Waals surface area contributed by atoms with E-state index in [1.165, 1.54) is 0 Å². The van der Waals surface area contributed by atoms with E-state index in [2.05, 4.69) is 4.43 Å². The molecule has 0 aliphatic heterocycles. The maximum Gasteiger partial charge on any atom is 0.489 e. The number of carbonyl (C=O) groups excluding carboxylic acids is 1. The van der Waals surface area contributed by atoms with Crippen molar-refractivity contribution in [1.29, 1.82) is 0 Å². The van der Waals surface area contributed by atoms with E-state index < -0.39 is 20.5 Å². The van der Waals surface area contributed by atoms with Gasteiger partial charge in [-0.05, 0) is 18.7 Å². The van der Waals surface area contributed by atoms with Gasteiger partial charge in [0.15, 0.2) is 0 Å². The van der Waals surface area contributed by atoms with Crippen LogP contribution in [0.1, 0.15) is 5.56 Å². The first kappa shape index (κ1) is 13.8. The molecule has 0 spiro atoms. The normalized spacial score (nSPS) is 12.3. The number of hydrogen-bond acceptors (Lipinski definition) is 2. The van der Waals surface area contributed by atoms with Crippen molar-refractivity contribution < 1.29 is 22.4 Å². The fraction of sp³-hybridized carbons (Fsp3) is 0.364. The van der Waals surface area contributed by atoms with E-state index in [4.69, 9.17) is 0 Å². The van der Waals surface area contributed by atoms with E-state index >= 15 is 0 Å². The Kier molecular flexibility index (Phi) is 3.97. The maximum atomic E-state index is 12.1. The minimum atomic E-state index is -4.92. The van der Waals surface area contributed by atoms with E-state index in [1.54, 1.807) is 37.4 Å². The quantitative estimate of drug-likeness (QED) is 0.782. The van der Waals surface area contributed by atoms with E-state index in [0.29, 0.717) is 6.04 Å². The first-order chi connectivity index (χ1) is 7.71. The van der Waals surface area contributed by atoms with Crippen LogP contribution in [0.5, 0.6) is 0 Å². The summed E-state index contributed by atoms with van der Waals surface area (Å²) in [4.78, 5) is 10.8. The molecule has 2 nitrogen and oxygen atoms in total. The van der Waals surface area contributed by atoms with Crippen LogP contribution in [0.2, 0.25) is 13.1 Å². The van der Waals surface area contributed by atoms with E-state index in [1.807, 2.05) is 6.07 Å². The Balaban J connectivity index is 2.67. The first-order valence-electron chi connectivity index (χ1n) is 5.05. The molecule has 0 radical (unpaired) electrons. The lowest BCUT2D eigenvalue weighted by atomic mass is 10.2. The molecule has 0 atom stereocenters. The van der Waals surface area contributed by atoms with Gasteiger partial charge in [0.25, 0.3) is 8.32 Å². The summed E-state index contributed by atoms with van der Waals surface area (Å²) in [5.41, 5.74) is 0.874. The highest BCUT2D eigenvalue weighted by Crippen LogP contribution is 2.21. The number of benzene rings is 1. The Bertz CT molecular complexity index is 387. The fourth-order valence-electron chi connectivity index (χ4n) is 1.43. The summed E-state index contributed by atoms with van der Waals surface area (Å²) >= 11 is 0. The molecular formula is C11H13F3O2Si. The molecule has 0 fully saturated rings. The molecule has 0 saturated carbocycles. The second-order valence-corrected chi connectivity index (χ2v) is 8.39. The van der Waals surface area contributed by atoms with Gasteiger partial charge in [-0.1, -0.05) is 30.3 Å². The highest BCUT2D eigenvalue weighted by atomic mass is 28.4. The van der Waals surface area contributed by atoms with E-state index in [9.17, 15) is 18.0 Å². The molecular weight excluding hydrogens is 249 g/mol. The van der Waals surface area contributed by atoms with Crippen molar-refractivity contribution in [2.75, 3.05) is 0 Å². The Hall–Kier alpha value is -1.30. The minimum absolute atomic E-state index is 0.371. The van der Waals surface area contributed by atoms with Crippen LogP contribution in [-0.4, -0.2) is 20.5 Å². The molecule has 0 bridgehead atoms. The summed E-state index contributed by atoms with van der Waals surface area (Å²) in [7, 11) is -2.69. The van der Waals surface area contributed by atoms with Crippen molar-refractivity contribution in [3.8, 4) is 0 Å².